The molecule has 25 heavy (non-hydrogen) atoms. The number of piperazine rings is 1. The second kappa shape index (κ2) is 8.19. The lowest BCUT2D eigenvalue weighted by Crippen LogP contribution is -2.46. The van der Waals surface area contributed by atoms with E-state index in [0.29, 0.717) is 0 Å². The number of hydrogen-bond acceptors (Lipinski definition) is 4. The van der Waals surface area contributed by atoms with E-state index in [0.717, 1.165) is 48.5 Å². The van der Waals surface area contributed by atoms with Crippen molar-refractivity contribution in [3.05, 3.63) is 52.8 Å². The second-order valence-corrected chi connectivity index (χ2v) is 7.64. The van der Waals surface area contributed by atoms with Crippen LogP contribution in [-0.2, 0) is 0 Å². The van der Waals surface area contributed by atoms with Crippen LogP contribution in [0.15, 0.2) is 47.1 Å². The van der Waals surface area contributed by atoms with Crippen molar-refractivity contribution in [2.24, 2.45) is 5.92 Å². The molecule has 5 heteroatoms. The number of halogens is 1. The Morgan fingerprint density at radius 2 is 1.56 bits per heavy atom. The lowest BCUT2D eigenvalue weighted by molar-refractivity contribution is 0.111. The van der Waals surface area contributed by atoms with Crippen LogP contribution in [0.4, 0.5) is 11.4 Å². The van der Waals surface area contributed by atoms with Crippen LogP contribution in [0.3, 0.4) is 0 Å². The first kappa shape index (κ1) is 18.2. The predicted octanol–water partition coefficient (Wildman–Crippen LogP) is 4.25. The number of nitrogens with zero attached hydrogens (tertiary/aromatic N) is 3. The fourth-order valence-corrected chi connectivity index (χ4v) is 3.41. The molecule has 2 aromatic rings. The van der Waals surface area contributed by atoms with Gasteiger partial charge in [0.2, 0.25) is 0 Å². The molecule has 4 nitrogen and oxygen atoms in total. The molecule has 1 saturated heterocycles. The van der Waals surface area contributed by atoms with Crippen molar-refractivity contribution < 1.29 is 5.11 Å². The van der Waals surface area contributed by atoms with Crippen LogP contribution in [0, 0.1) is 5.92 Å². The molecule has 2 heterocycles. The fourth-order valence-electron chi connectivity index (χ4n) is 3.15. The third kappa shape index (κ3) is 4.33. The number of aliphatic hydroxyl groups excluding tert-OH is 1. The molecule has 0 radical (unpaired) electrons. The highest BCUT2D eigenvalue weighted by Crippen LogP contribution is 2.25. The van der Waals surface area contributed by atoms with Gasteiger partial charge < -0.3 is 14.9 Å². The van der Waals surface area contributed by atoms with Gasteiger partial charge >= 0.3 is 0 Å². The molecule has 1 aliphatic rings. The molecule has 3 rings (SSSR count). The largest absolute Gasteiger partial charge is 0.387 e. The van der Waals surface area contributed by atoms with Crippen molar-refractivity contribution in [2.45, 2.75) is 26.4 Å². The monoisotopic (exact) mass is 403 g/mol. The van der Waals surface area contributed by atoms with Gasteiger partial charge in [-0.15, -0.1) is 0 Å². The summed E-state index contributed by atoms with van der Waals surface area (Å²) >= 11 is 3.49. The highest BCUT2D eigenvalue weighted by atomic mass is 79.9. The SMILES string of the molecule is CCC(C)C(O)c1ccc(N2CCN(c3ccc(Br)cc3)CC2)cn1. The molecule has 2 unspecified atom stereocenters. The Morgan fingerprint density at radius 3 is 2.08 bits per heavy atom. The first-order valence-electron chi connectivity index (χ1n) is 8.98. The molecule has 1 aromatic heterocycles. The molecule has 1 fully saturated rings. The van der Waals surface area contributed by atoms with Crippen LogP contribution in [0.2, 0.25) is 0 Å². The molecule has 0 spiro atoms. The molecule has 2 atom stereocenters. The van der Waals surface area contributed by atoms with Crippen LogP contribution >= 0.6 is 15.9 Å². The second-order valence-electron chi connectivity index (χ2n) is 6.72. The van der Waals surface area contributed by atoms with Gasteiger partial charge in [0.25, 0.3) is 0 Å². The van der Waals surface area contributed by atoms with Crippen molar-refractivity contribution in [3.8, 4) is 0 Å². The summed E-state index contributed by atoms with van der Waals surface area (Å²) in [5.74, 6) is 0.229. The summed E-state index contributed by atoms with van der Waals surface area (Å²) in [6, 6.07) is 12.6. The number of aromatic nitrogens is 1. The molecule has 1 aliphatic heterocycles. The maximum absolute atomic E-state index is 10.3. The standard InChI is InChI=1S/C20H26BrN3O/c1-3-15(2)20(25)19-9-8-18(14-22-19)24-12-10-23(11-13-24)17-6-4-16(21)5-7-17/h4-9,14-15,20,25H,3,10-13H2,1-2H3. The quantitative estimate of drug-likeness (QED) is 0.809. The van der Waals surface area contributed by atoms with Crippen molar-refractivity contribution in [1.82, 2.24) is 4.98 Å². The van der Waals surface area contributed by atoms with Crippen LogP contribution in [0.5, 0.6) is 0 Å². The van der Waals surface area contributed by atoms with E-state index >= 15 is 0 Å². The molecular weight excluding hydrogens is 378 g/mol. The van der Waals surface area contributed by atoms with Crippen molar-refractivity contribution in [3.63, 3.8) is 0 Å². The van der Waals surface area contributed by atoms with Gasteiger partial charge in [0.1, 0.15) is 0 Å². The highest BCUT2D eigenvalue weighted by Gasteiger charge is 2.19. The molecule has 1 aromatic carbocycles. The van der Waals surface area contributed by atoms with E-state index < -0.39 is 6.10 Å². The normalized spacial score (nSPS) is 17.4. The zero-order valence-corrected chi connectivity index (χ0v) is 16.5. The maximum Gasteiger partial charge on any atom is 0.0985 e. The van der Waals surface area contributed by atoms with Gasteiger partial charge in [-0.3, -0.25) is 4.98 Å². The summed E-state index contributed by atoms with van der Waals surface area (Å²) in [6.45, 7) is 8.10. The van der Waals surface area contributed by atoms with E-state index in [1.54, 1.807) is 0 Å². The minimum Gasteiger partial charge on any atom is -0.387 e. The third-order valence-corrected chi connectivity index (χ3v) is 5.62. The molecular formula is C20H26BrN3O. The van der Waals surface area contributed by atoms with E-state index in [1.165, 1.54) is 5.69 Å². The van der Waals surface area contributed by atoms with Gasteiger partial charge in [-0.25, -0.2) is 0 Å². The van der Waals surface area contributed by atoms with Crippen LogP contribution in [0.25, 0.3) is 0 Å². The maximum atomic E-state index is 10.3. The Labute approximate surface area is 158 Å². The summed E-state index contributed by atoms with van der Waals surface area (Å²) in [5.41, 5.74) is 3.18. The molecule has 0 aliphatic carbocycles. The number of pyridine rings is 1. The summed E-state index contributed by atoms with van der Waals surface area (Å²) in [4.78, 5) is 9.28. The molecule has 0 saturated carbocycles. The topological polar surface area (TPSA) is 39.6 Å². The van der Waals surface area contributed by atoms with Gasteiger partial charge in [0.05, 0.1) is 23.7 Å². The van der Waals surface area contributed by atoms with E-state index in [2.05, 4.69) is 74.9 Å². The summed E-state index contributed by atoms with van der Waals surface area (Å²) in [5, 5.41) is 10.3. The Morgan fingerprint density at radius 1 is 1.00 bits per heavy atom. The Kier molecular flexibility index (Phi) is 5.97. The average Bonchev–Trinajstić information content (AvgIpc) is 2.67. The minimum absolute atomic E-state index is 0.229. The molecule has 1 N–H and O–H groups in total. The predicted molar refractivity (Wildman–Crippen MR) is 107 cm³/mol. The van der Waals surface area contributed by atoms with E-state index in [4.69, 9.17) is 0 Å². The van der Waals surface area contributed by atoms with Gasteiger partial charge in [-0.1, -0.05) is 36.2 Å². The van der Waals surface area contributed by atoms with Crippen LogP contribution in [-0.4, -0.2) is 36.3 Å². The smallest absolute Gasteiger partial charge is 0.0985 e. The average molecular weight is 404 g/mol. The third-order valence-electron chi connectivity index (χ3n) is 5.09. The summed E-state index contributed by atoms with van der Waals surface area (Å²) in [7, 11) is 0. The molecule has 134 valence electrons. The van der Waals surface area contributed by atoms with Gasteiger partial charge in [-0.05, 0) is 42.3 Å². The number of benzene rings is 1. The highest BCUT2D eigenvalue weighted by molar-refractivity contribution is 9.10. The Hall–Kier alpha value is -1.59. The first-order valence-corrected chi connectivity index (χ1v) is 9.77. The van der Waals surface area contributed by atoms with E-state index in [9.17, 15) is 5.11 Å². The van der Waals surface area contributed by atoms with Gasteiger partial charge in [-0.2, -0.15) is 0 Å². The summed E-state index contributed by atoms with van der Waals surface area (Å²) in [6.07, 6.45) is 2.37. The molecule has 0 bridgehead atoms. The van der Waals surface area contributed by atoms with Gasteiger partial charge in [0, 0.05) is 36.3 Å². The van der Waals surface area contributed by atoms with E-state index in [1.807, 2.05) is 12.3 Å². The van der Waals surface area contributed by atoms with E-state index in [-0.39, 0.29) is 5.92 Å². The van der Waals surface area contributed by atoms with Crippen molar-refractivity contribution in [1.29, 1.82) is 0 Å². The van der Waals surface area contributed by atoms with Crippen LogP contribution < -0.4 is 9.80 Å². The number of anilines is 2. The lowest BCUT2D eigenvalue weighted by Gasteiger charge is -2.37. The molecule has 0 amide bonds. The Bertz CT molecular complexity index is 666. The Balaban J connectivity index is 1.60. The van der Waals surface area contributed by atoms with Crippen molar-refractivity contribution in [2.75, 3.05) is 36.0 Å². The van der Waals surface area contributed by atoms with Gasteiger partial charge in [0.15, 0.2) is 0 Å². The lowest BCUT2D eigenvalue weighted by atomic mass is 9.99. The van der Waals surface area contributed by atoms with Crippen LogP contribution in [0.1, 0.15) is 32.1 Å². The zero-order chi connectivity index (χ0) is 17.8. The first-order chi connectivity index (χ1) is 12.1. The zero-order valence-electron chi connectivity index (χ0n) is 14.9. The number of aliphatic hydroxyl groups is 1. The van der Waals surface area contributed by atoms with Crippen molar-refractivity contribution >= 4 is 27.3 Å². The minimum atomic E-state index is -0.478. The number of hydrogen-bond donors (Lipinski definition) is 1. The summed E-state index contributed by atoms with van der Waals surface area (Å²) < 4.78 is 1.11. The number of rotatable bonds is 5. The fraction of sp³-hybridized carbons (Fsp3) is 0.450.